The first-order valence-corrected chi connectivity index (χ1v) is 11.4. The van der Waals surface area contributed by atoms with Crippen LogP contribution in [0, 0.1) is 0 Å². The molecule has 0 saturated heterocycles. The maximum Gasteiger partial charge on any atom is 0.261 e. The van der Waals surface area contributed by atoms with Crippen molar-refractivity contribution in [3.63, 3.8) is 0 Å². The smallest absolute Gasteiger partial charge is 0.261 e. The van der Waals surface area contributed by atoms with E-state index in [1.165, 1.54) is 23.9 Å². The molecular formula is C19H19N5O3S2. The van der Waals surface area contributed by atoms with Crippen LogP contribution in [0.15, 0.2) is 57.3 Å². The van der Waals surface area contributed by atoms with Crippen LogP contribution in [0.5, 0.6) is 0 Å². The summed E-state index contributed by atoms with van der Waals surface area (Å²) >= 11 is 1.44. The molecule has 0 aliphatic carbocycles. The molecule has 2 heterocycles. The molecular weight excluding hydrogens is 410 g/mol. The van der Waals surface area contributed by atoms with Crippen LogP contribution in [-0.4, -0.2) is 27.5 Å². The van der Waals surface area contributed by atoms with Gasteiger partial charge in [0.15, 0.2) is 5.16 Å². The van der Waals surface area contributed by atoms with Gasteiger partial charge in [0.25, 0.3) is 5.56 Å². The maximum absolute atomic E-state index is 12.6. The highest BCUT2D eigenvalue weighted by Crippen LogP contribution is 2.27. The van der Waals surface area contributed by atoms with Crippen LogP contribution in [0.25, 0.3) is 21.9 Å². The number of nitrogens with two attached hydrogens (primary N) is 1. The van der Waals surface area contributed by atoms with Gasteiger partial charge in [0.1, 0.15) is 5.82 Å². The Hall–Kier alpha value is -2.69. The molecule has 0 spiro atoms. The zero-order chi connectivity index (χ0) is 20.8. The first-order chi connectivity index (χ1) is 13.8. The van der Waals surface area contributed by atoms with E-state index in [1.54, 1.807) is 23.7 Å². The van der Waals surface area contributed by atoms with Gasteiger partial charge in [0.2, 0.25) is 10.0 Å². The lowest BCUT2D eigenvalue weighted by atomic mass is 10.2. The SMILES string of the molecule is CCn1c(SCc2nc3ccccc3c(=O)n2C)nc2cc(S(N)(=O)=O)ccc21. The second-order valence-electron chi connectivity index (χ2n) is 6.53. The van der Waals surface area contributed by atoms with E-state index >= 15 is 0 Å². The number of hydrogen-bond acceptors (Lipinski definition) is 6. The summed E-state index contributed by atoms with van der Waals surface area (Å²) in [4.78, 5) is 21.8. The zero-order valence-corrected chi connectivity index (χ0v) is 17.5. The second-order valence-corrected chi connectivity index (χ2v) is 9.04. The second kappa shape index (κ2) is 7.29. The van der Waals surface area contributed by atoms with E-state index in [9.17, 15) is 13.2 Å². The molecule has 0 radical (unpaired) electrons. The Morgan fingerprint density at radius 2 is 1.86 bits per heavy atom. The van der Waals surface area contributed by atoms with Gasteiger partial charge < -0.3 is 4.57 Å². The standard InChI is InChI=1S/C19H19N5O3S2/c1-3-24-16-9-8-12(29(20,26)27)10-15(16)22-19(24)28-11-17-21-14-7-5-4-6-13(14)18(25)23(17)2/h4-10H,3,11H2,1-2H3,(H2,20,26,27). The lowest BCUT2D eigenvalue weighted by Gasteiger charge is -2.09. The van der Waals surface area contributed by atoms with Gasteiger partial charge >= 0.3 is 0 Å². The normalized spacial score (nSPS) is 12.1. The molecule has 0 fully saturated rings. The molecule has 2 N–H and O–H groups in total. The third-order valence-corrected chi connectivity index (χ3v) is 6.62. The fourth-order valence-corrected chi connectivity index (χ4v) is 4.80. The summed E-state index contributed by atoms with van der Waals surface area (Å²) in [5, 5.41) is 6.53. The summed E-state index contributed by atoms with van der Waals surface area (Å²) in [6, 6.07) is 11.9. The third-order valence-electron chi connectivity index (χ3n) is 4.74. The zero-order valence-electron chi connectivity index (χ0n) is 15.9. The lowest BCUT2D eigenvalue weighted by molar-refractivity contribution is 0.598. The van der Waals surface area contributed by atoms with Crippen LogP contribution in [0.1, 0.15) is 12.7 Å². The summed E-state index contributed by atoms with van der Waals surface area (Å²) < 4.78 is 26.8. The molecule has 4 rings (SSSR count). The Kier molecular flexibility index (Phi) is 4.93. The van der Waals surface area contributed by atoms with Gasteiger partial charge in [-0.25, -0.2) is 23.5 Å². The van der Waals surface area contributed by atoms with Gasteiger partial charge in [-0.3, -0.25) is 9.36 Å². The Balaban J connectivity index is 1.72. The van der Waals surface area contributed by atoms with Crippen molar-refractivity contribution in [1.82, 2.24) is 19.1 Å². The molecule has 0 saturated carbocycles. The summed E-state index contributed by atoms with van der Waals surface area (Å²) in [6.07, 6.45) is 0. The number of fused-ring (bicyclic) bond motifs is 2. The van der Waals surface area contributed by atoms with E-state index in [0.717, 1.165) is 10.7 Å². The molecule has 0 bridgehead atoms. The van der Waals surface area contributed by atoms with E-state index in [2.05, 4.69) is 9.97 Å². The van der Waals surface area contributed by atoms with E-state index in [0.29, 0.717) is 34.5 Å². The van der Waals surface area contributed by atoms with Crippen molar-refractivity contribution in [2.45, 2.75) is 29.3 Å². The van der Waals surface area contributed by atoms with Gasteiger partial charge in [-0.15, -0.1) is 0 Å². The minimum atomic E-state index is -3.80. The number of aryl methyl sites for hydroxylation is 1. The molecule has 150 valence electrons. The number of thioether (sulfide) groups is 1. The van der Waals surface area contributed by atoms with Crippen molar-refractivity contribution in [2.75, 3.05) is 0 Å². The van der Waals surface area contributed by atoms with Gasteiger partial charge in [-0.05, 0) is 37.3 Å². The van der Waals surface area contributed by atoms with Crippen molar-refractivity contribution in [3.05, 3.63) is 58.6 Å². The maximum atomic E-state index is 12.6. The lowest BCUT2D eigenvalue weighted by Crippen LogP contribution is -2.21. The summed E-state index contributed by atoms with van der Waals surface area (Å²) in [6.45, 7) is 2.65. The number of aromatic nitrogens is 4. The van der Waals surface area contributed by atoms with Crippen LogP contribution in [0.2, 0.25) is 0 Å². The molecule has 29 heavy (non-hydrogen) atoms. The molecule has 10 heteroatoms. The molecule has 0 aliphatic rings. The minimum Gasteiger partial charge on any atom is -0.319 e. The number of nitrogens with zero attached hydrogens (tertiary/aromatic N) is 4. The molecule has 2 aromatic heterocycles. The predicted molar refractivity (Wildman–Crippen MR) is 113 cm³/mol. The predicted octanol–water partition coefficient (Wildman–Crippen LogP) is 2.24. The number of imidazole rings is 1. The van der Waals surface area contributed by atoms with Gasteiger partial charge in [-0.1, -0.05) is 23.9 Å². The number of sulfonamides is 1. The molecule has 8 nitrogen and oxygen atoms in total. The Labute approximate surface area is 171 Å². The van der Waals surface area contributed by atoms with Crippen molar-refractivity contribution in [1.29, 1.82) is 0 Å². The van der Waals surface area contributed by atoms with Gasteiger partial charge in [0, 0.05) is 13.6 Å². The molecule has 0 unspecified atom stereocenters. The highest BCUT2D eigenvalue weighted by molar-refractivity contribution is 7.98. The minimum absolute atomic E-state index is 0.0286. The van der Waals surface area contributed by atoms with Crippen molar-refractivity contribution in [3.8, 4) is 0 Å². The van der Waals surface area contributed by atoms with E-state index in [4.69, 9.17) is 5.14 Å². The number of rotatable bonds is 5. The number of para-hydroxylation sites is 1. The van der Waals surface area contributed by atoms with Gasteiger partial charge in [0.05, 0.1) is 32.6 Å². The third kappa shape index (κ3) is 3.54. The molecule has 0 atom stereocenters. The largest absolute Gasteiger partial charge is 0.319 e. The summed E-state index contributed by atoms with van der Waals surface area (Å²) in [5.41, 5.74) is 1.95. The highest BCUT2D eigenvalue weighted by Gasteiger charge is 2.16. The Morgan fingerprint density at radius 3 is 2.59 bits per heavy atom. The van der Waals surface area contributed by atoms with Crippen LogP contribution >= 0.6 is 11.8 Å². The fourth-order valence-electron chi connectivity index (χ4n) is 3.20. The molecule has 2 aromatic carbocycles. The average molecular weight is 430 g/mol. The molecule has 4 aromatic rings. The first-order valence-electron chi connectivity index (χ1n) is 8.90. The quantitative estimate of drug-likeness (QED) is 0.487. The monoisotopic (exact) mass is 429 g/mol. The number of benzene rings is 2. The van der Waals surface area contributed by atoms with Crippen molar-refractivity contribution < 1.29 is 8.42 Å². The van der Waals surface area contributed by atoms with E-state index in [1.807, 2.05) is 29.7 Å². The first kappa shape index (κ1) is 19.6. The molecule has 0 aliphatic heterocycles. The van der Waals surface area contributed by atoms with Gasteiger partial charge in [-0.2, -0.15) is 0 Å². The Morgan fingerprint density at radius 1 is 1.10 bits per heavy atom. The van der Waals surface area contributed by atoms with Crippen LogP contribution in [0.4, 0.5) is 0 Å². The highest BCUT2D eigenvalue weighted by atomic mass is 32.2. The average Bonchev–Trinajstić information content (AvgIpc) is 3.05. The fraction of sp³-hybridized carbons (Fsp3) is 0.211. The number of hydrogen-bond donors (Lipinski definition) is 1. The van der Waals surface area contributed by atoms with Crippen LogP contribution < -0.4 is 10.7 Å². The number of primary sulfonamides is 1. The van der Waals surface area contributed by atoms with Crippen LogP contribution in [0.3, 0.4) is 0 Å². The van der Waals surface area contributed by atoms with E-state index in [-0.39, 0.29) is 10.5 Å². The molecule has 0 amide bonds. The topological polar surface area (TPSA) is 113 Å². The summed E-state index contributed by atoms with van der Waals surface area (Å²) in [5.74, 6) is 1.08. The summed E-state index contributed by atoms with van der Waals surface area (Å²) in [7, 11) is -2.09. The Bertz CT molecular complexity index is 1410. The van der Waals surface area contributed by atoms with Crippen molar-refractivity contribution >= 4 is 43.7 Å². The van der Waals surface area contributed by atoms with Crippen molar-refractivity contribution in [2.24, 2.45) is 12.2 Å². The van der Waals surface area contributed by atoms with E-state index < -0.39 is 10.0 Å². The van der Waals surface area contributed by atoms with Crippen LogP contribution in [-0.2, 0) is 29.4 Å².